The van der Waals surface area contributed by atoms with Crippen LogP contribution in [0.5, 0.6) is 0 Å². The predicted octanol–water partition coefficient (Wildman–Crippen LogP) is 1.38. The van der Waals surface area contributed by atoms with Gasteiger partial charge in [0.1, 0.15) is 16.2 Å². The molecule has 1 saturated carbocycles. The van der Waals surface area contributed by atoms with Crippen LogP contribution >= 0.6 is 0 Å². The minimum atomic E-state index is -3.03. The number of furan rings is 1. The second-order valence-corrected chi connectivity index (χ2v) is 3.25. The number of halogens is 2. The Bertz CT molecular complexity index is 403. The molecule has 7 heteroatoms. The topological polar surface area (TPSA) is 82.3 Å². The molecule has 1 aliphatic rings. The summed E-state index contributed by atoms with van der Waals surface area (Å²) in [5.74, 6) is -3.85. The van der Waals surface area contributed by atoms with Gasteiger partial charge in [0.2, 0.25) is 0 Å². The average Bonchev–Trinajstić information content (AvgIpc) is 2.53. The van der Waals surface area contributed by atoms with Crippen molar-refractivity contribution in [2.75, 3.05) is 0 Å². The number of nitro groups is 1. The molecule has 2 rings (SSSR count). The van der Waals surface area contributed by atoms with Crippen LogP contribution in [-0.4, -0.2) is 10.8 Å². The number of rotatable bonds is 2. The third kappa shape index (κ3) is 1.02. The molecule has 14 heavy (non-hydrogen) atoms. The van der Waals surface area contributed by atoms with E-state index < -0.39 is 28.7 Å². The zero-order valence-corrected chi connectivity index (χ0v) is 6.87. The van der Waals surface area contributed by atoms with E-state index in [9.17, 15) is 18.9 Å². The molecular formula is C7H6F2N2O3. The van der Waals surface area contributed by atoms with E-state index in [0.29, 0.717) is 0 Å². The summed E-state index contributed by atoms with van der Waals surface area (Å²) in [4.78, 5) is 9.41. The quantitative estimate of drug-likeness (QED) is 0.582. The lowest BCUT2D eigenvalue weighted by Gasteiger charge is -2.04. The predicted molar refractivity (Wildman–Crippen MR) is 40.8 cm³/mol. The minimum Gasteiger partial charge on any atom is -0.404 e. The Balaban J connectivity index is 2.32. The van der Waals surface area contributed by atoms with E-state index >= 15 is 0 Å². The van der Waals surface area contributed by atoms with Crippen LogP contribution in [0, 0.1) is 10.1 Å². The Morgan fingerprint density at radius 3 is 2.50 bits per heavy atom. The van der Waals surface area contributed by atoms with Gasteiger partial charge in [-0.1, -0.05) is 0 Å². The molecule has 1 heterocycles. The highest BCUT2D eigenvalue weighted by Gasteiger charge is 2.72. The highest BCUT2D eigenvalue weighted by Crippen LogP contribution is 2.58. The zero-order chi connectivity index (χ0) is 10.6. The molecule has 1 atom stereocenters. The van der Waals surface area contributed by atoms with Crippen LogP contribution in [0.2, 0.25) is 0 Å². The van der Waals surface area contributed by atoms with Gasteiger partial charge < -0.3 is 10.2 Å². The standard InChI is InChI=1S/C7H6F2N2O3/c8-7(9)3-6(7,10)4-1-2-5(14-4)11(12)13/h1-2H,3,10H2. The molecule has 1 aliphatic carbocycles. The lowest BCUT2D eigenvalue weighted by molar-refractivity contribution is -0.402. The molecule has 2 N–H and O–H groups in total. The van der Waals surface area contributed by atoms with E-state index in [0.717, 1.165) is 12.1 Å². The summed E-state index contributed by atoms with van der Waals surface area (Å²) in [5, 5.41) is 10.2. The number of nitrogens with two attached hydrogens (primary N) is 1. The molecule has 5 nitrogen and oxygen atoms in total. The Hall–Kier alpha value is -1.50. The monoisotopic (exact) mass is 204 g/mol. The fraction of sp³-hybridized carbons (Fsp3) is 0.429. The van der Waals surface area contributed by atoms with Crippen molar-refractivity contribution in [2.24, 2.45) is 5.73 Å². The third-order valence-electron chi connectivity index (χ3n) is 2.24. The summed E-state index contributed by atoms with van der Waals surface area (Å²) in [5.41, 5.74) is 3.43. The van der Waals surface area contributed by atoms with Crippen molar-refractivity contribution < 1.29 is 18.1 Å². The molecule has 1 fully saturated rings. The molecule has 0 saturated heterocycles. The molecule has 1 aromatic rings. The van der Waals surface area contributed by atoms with E-state index in [-0.39, 0.29) is 5.76 Å². The SMILES string of the molecule is NC1(c2ccc([N+](=O)[O-])o2)CC1(F)F. The third-order valence-corrected chi connectivity index (χ3v) is 2.24. The number of nitrogens with zero attached hydrogens (tertiary/aromatic N) is 1. The van der Waals surface area contributed by atoms with Gasteiger partial charge in [0.25, 0.3) is 5.92 Å². The van der Waals surface area contributed by atoms with Crippen LogP contribution in [0.25, 0.3) is 0 Å². The maximum absolute atomic E-state index is 12.7. The summed E-state index contributed by atoms with van der Waals surface area (Å²) in [7, 11) is 0. The maximum Gasteiger partial charge on any atom is 0.433 e. The molecule has 1 aromatic heterocycles. The largest absolute Gasteiger partial charge is 0.433 e. The van der Waals surface area contributed by atoms with Gasteiger partial charge in [-0.15, -0.1) is 0 Å². The molecule has 0 bridgehead atoms. The maximum atomic E-state index is 12.7. The van der Waals surface area contributed by atoms with E-state index in [4.69, 9.17) is 5.73 Å². The highest BCUT2D eigenvalue weighted by molar-refractivity contribution is 5.32. The minimum absolute atomic E-state index is 0.241. The van der Waals surface area contributed by atoms with Crippen molar-refractivity contribution in [1.82, 2.24) is 0 Å². The lowest BCUT2D eigenvalue weighted by Crippen LogP contribution is -2.26. The van der Waals surface area contributed by atoms with E-state index in [1.807, 2.05) is 0 Å². The highest BCUT2D eigenvalue weighted by atomic mass is 19.3. The van der Waals surface area contributed by atoms with Gasteiger partial charge in [-0.25, -0.2) is 8.78 Å². The van der Waals surface area contributed by atoms with Crippen molar-refractivity contribution >= 4 is 5.88 Å². The van der Waals surface area contributed by atoms with Gasteiger partial charge in [0.15, 0.2) is 0 Å². The van der Waals surface area contributed by atoms with Crippen molar-refractivity contribution in [1.29, 1.82) is 0 Å². The number of hydrogen-bond donors (Lipinski definition) is 1. The summed E-state index contributed by atoms with van der Waals surface area (Å²) >= 11 is 0. The Kier molecular flexibility index (Phi) is 1.49. The van der Waals surface area contributed by atoms with Crippen molar-refractivity contribution in [2.45, 2.75) is 17.9 Å². The Morgan fingerprint density at radius 2 is 2.14 bits per heavy atom. The molecular weight excluding hydrogens is 198 g/mol. The average molecular weight is 204 g/mol. The van der Waals surface area contributed by atoms with Gasteiger partial charge in [-0.2, -0.15) is 0 Å². The molecule has 76 valence electrons. The van der Waals surface area contributed by atoms with E-state index in [2.05, 4.69) is 4.42 Å². The zero-order valence-electron chi connectivity index (χ0n) is 6.87. The van der Waals surface area contributed by atoms with Crippen LogP contribution in [-0.2, 0) is 5.54 Å². The molecule has 1 unspecified atom stereocenters. The lowest BCUT2D eigenvalue weighted by atomic mass is 10.2. The van der Waals surface area contributed by atoms with Gasteiger partial charge in [-0.05, 0) is 6.07 Å². The summed E-state index contributed by atoms with van der Waals surface area (Å²) in [6, 6.07) is 2.12. The second-order valence-electron chi connectivity index (χ2n) is 3.25. The van der Waals surface area contributed by atoms with Gasteiger partial charge in [-0.3, -0.25) is 10.1 Å². The van der Waals surface area contributed by atoms with Crippen LogP contribution in [0.1, 0.15) is 12.2 Å². The Labute approximate surface area is 76.6 Å². The van der Waals surface area contributed by atoms with Crippen molar-refractivity contribution in [3.05, 3.63) is 28.0 Å². The van der Waals surface area contributed by atoms with Gasteiger partial charge >= 0.3 is 5.88 Å². The summed E-state index contributed by atoms with van der Waals surface area (Å²) in [6.07, 6.45) is -0.537. The normalized spacial score (nSPS) is 28.8. The summed E-state index contributed by atoms with van der Waals surface area (Å²) in [6.45, 7) is 0. The van der Waals surface area contributed by atoms with E-state index in [1.54, 1.807) is 0 Å². The van der Waals surface area contributed by atoms with Crippen molar-refractivity contribution in [3.63, 3.8) is 0 Å². The first-order valence-corrected chi connectivity index (χ1v) is 3.78. The van der Waals surface area contributed by atoms with Crippen LogP contribution in [0.3, 0.4) is 0 Å². The first-order chi connectivity index (χ1) is 6.37. The van der Waals surface area contributed by atoms with Gasteiger partial charge in [0, 0.05) is 6.42 Å². The van der Waals surface area contributed by atoms with Crippen LogP contribution < -0.4 is 5.73 Å². The fourth-order valence-corrected chi connectivity index (χ4v) is 1.24. The molecule has 0 spiro atoms. The second kappa shape index (κ2) is 2.30. The van der Waals surface area contributed by atoms with Gasteiger partial charge in [0.05, 0.1) is 6.07 Å². The number of alkyl halides is 2. The summed E-state index contributed by atoms with van der Waals surface area (Å²) < 4.78 is 30.0. The molecule has 0 amide bonds. The first-order valence-electron chi connectivity index (χ1n) is 3.78. The first kappa shape index (κ1) is 9.07. The van der Waals surface area contributed by atoms with Crippen LogP contribution in [0.4, 0.5) is 14.7 Å². The number of hydrogen-bond acceptors (Lipinski definition) is 4. The molecule has 0 aromatic carbocycles. The van der Waals surface area contributed by atoms with Crippen molar-refractivity contribution in [3.8, 4) is 0 Å². The van der Waals surface area contributed by atoms with E-state index in [1.165, 1.54) is 0 Å². The molecule has 0 aliphatic heterocycles. The molecule has 0 radical (unpaired) electrons. The fourth-order valence-electron chi connectivity index (χ4n) is 1.24. The smallest absolute Gasteiger partial charge is 0.404 e. The van der Waals surface area contributed by atoms with Crippen LogP contribution in [0.15, 0.2) is 16.5 Å². The Morgan fingerprint density at radius 1 is 1.57 bits per heavy atom.